The van der Waals surface area contributed by atoms with Gasteiger partial charge in [-0.2, -0.15) is 4.31 Å². The average molecular weight is 580 g/mol. The maximum atomic E-state index is 13.8. The fraction of sp³-hybridized carbons (Fsp3) is 0.375. The minimum atomic E-state index is -3.51. The molecule has 0 aliphatic carbocycles. The number of nitrogens with one attached hydrogen (secondary N) is 1. The summed E-state index contributed by atoms with van der Waals surface area (Å²) in [6.45, 7) is 3.75. The second-order valence-electron chi connectivity index (χ2n) is 10.4. The smallest absolute Gasteiger partial charge is 0.247 e. The molecule has 3 aromatic carbocycles. The van der Waals surface area contributed by atoms with Gasteiger partial charge in [0.1, 0.15) is 11.9 Å². The number of unbranched alkanes of at least 4 members (excludes halogenated alkanes) is 1. The first kappa shape index (κ1) is 30.4. The van der Waals surface area contributed by atoms with Crippen molar-refractivity contribution in [2.24, 2.45) is 0 Å². The Kier molecular flexibility index (Phi) is 10.7. The highest BCUT2D eigenvalue weighted by Crippen LogP contribution is 2.26. The molecule has 1 saturated heterocycles. The van der Waals surface area contributed by atoms with Gasteiger partial charge in [-0.05, 0) is 66.6 Å². The Hall–Kier alpha value is -3.56. The molecule has 1 N–H and O–H groups in total. The molecule has 4 rings (SSSR count). The third kappa shape index (κ3) is 8.01. The molecular formula is C32H38FN3O4S. The molecule has 0 radical (unpaired) electrons. The van der Waals surface area contributed by atoms with E-state index in [0.717, 1.165) is 31.2 Å². The number of aryl methyl sites for hydroxylation is 1. The largest absolute Gasteiger partial charge is 0.354 e. The Labute approximate surface area is 242 Å². The first-order chi connectivity index (χ1) is 19.8. The van der Waals surface area contributed by atoms with E-state index in [2.05, 4.69) is 5.32 Å². The predicted molar refractivity (Wildman–Crippen MR) is 157 cm³/mol. The van der Waals surface area contributed by atoms with Gasteiger partial charge >= 0.3 is 0 Å². The highest BCUT2D eigenvalue weighted by atomic mass is 32.2. The number of hydrogen-bond donors (Lipinski definition) is 1. The lowest BCUT2D eigenvalue weighted by molar-refractivity contribution is -0.141. The van der Waals surface area contributed by atoms with Crippen molar-refractivity contribution in [1.82, 2.24) is 14.5 Å². The van der Waals surface area contributed by atoms with E-state index >= 15 is 0 Å². The lowest BCUT2D eigenvalue weighted by atomic mass is 10.0. The molecule has 41 heavy (non-hydrogen) atoms. The van der Waals surface area contributed by atoms with Gasteiger partial charge in [0.25, 0.3) is 0 Å². The highest BCUT2D eigenvalue weighted by molar-refractivity contribution is 7.89. The van der Waals surface area contributed by atoms with Crippen molar-refractivity contribution in [3.63, 3.8) is 0 Å². The molecule has 1 fully saturated rings. The second kappa shape index (κ2) is 14.4. The van der Waals surface area contributed by atoms with Crippen molar-refractivity contribution in [3.05, 3.63) is 101 Å². The number of benzene rings is 3. The van der Waals surface area contributed by atoms with Crippen molar-refractivity contribution in [2.45, 2.75) is 62.9 Å². The van der Waals surface area contributed by atoms with Crippen LogP contribution < -0.4 is 5.32 Å². The molecule has 0 unspecified atom stereocenters. The van der Waals surface area contributed by atoms with Crippen molar-refractivity contribution < 1.29 is 22.4 Å². The summed E-state index contributed by atoms with van der Waals surface area (Å²) in [5.41, 5.74) is 2.22. The van der Waals surface area contributed by atoms with Crippen molar-refractivity contribution in [2.75, 3.05) is 19.6 Å². The van der Waals surface area contributed by atoms with Crippen LogP contribution in [0.4, 0.5) is 4.39 Å². The van der Waals surface area contributed by atoms with Crippen molar-refractivity contribution in [1.29, 1.82) is 0 Å². The molecule has 9 heteroatoms. The predicted octanol–water partition coefficient (Wildman–Crippen LogP) is 5.23. The third-order valence-corrected chi connectivity index (χ3v) is 9.26. The molecule has 1 aliphatic heterocycles. The number of amides is 2. The fourth-order valence-corrected chi connectivity index (χ4v) is 6.52. The van der Waals surface area contributed by atoms with Crippen molar-refractivity contribution in [3.8, 4) is 0 Å². The lowest BCUT2D eigenvalue weighted by Crippen LogP contribution is -2.43. The zero-order valence-electron chi connectivity index (χ0n) is 23.5. The zero-order chi connectivity index (χ0) is 29.2. The van der Waals surface area contributed by atoms with Crippen LogP contribution in [0.1, 0.15) is 61.8 Å². The van der Waals surface area contributed by atoms with Crippen molar-refractivity contribution >= 4 is 21.8 Å². The Balaban J connectivity index is 1.55. The number of halogens is 1. The minimum absolute atomic E-state index is 0.116. The van der Waals surface area contributed by atoms with Crippen LogP contribution in [0.3, 0.4) is 0 Å². The summed E-state index contributed by atoms with van der Waals surface area (Å²) in [5.74, 6) is -0.877. The summed E-state index contributed by atoms with van der Waals surface area (Å²) < 4.78 is 40.9. The molecule has 1 atom stereocenters. The van der Waals surface area contributed by atoms with Gasteiger partial charge in [0, 0.05) is 32.6 Å². The first-order valence-corrected chi connectivity index (χ1v) is 15.7. The quantitative estimate of drug-likeness (QED) is 0.281. The molecule has 1 heterocycles. The fourth-order valence-electron chi connectivity index (χ4n) is 5.00. The Morgan fingerprint density at radius 2 is 1.56 bits per heavy atom. The molecule has 218 valence electrons. The van der Waals surface area contributed by atoms with Crippen LogP contribution >= 0.6 is 0 Å². The monoisotopic (exact) mass is 579 g/mol. The van der Waals surface area contributed by atoms with E-state index in [1.807, 2.05) is 37.3 Å². The van der Waals surface area contributed by atoms with Crippen LogP contribution in [-0.2, 0) is 32.6 Å². The summed E-state index contributed by atoms with van der Waals surface area (Å²) in [6.07, 6.45) is 3.98. The first-order valence-electron chi connectivity index (χ1n) is 14.2. The molecule has 7 nitrogen and oxygen atoms in total. The van der Waals surface area contributed by atoms with Crippen LogP contribution in [0.5, 0.6) is 0 Å². The maximum Gasteiger partial charge on any atom is 0.247 e. The second-order valence-corrected chi connectivity index (χ2v) is 12.3. The standard InChI is InChI=1S/C32H38FN3O4S/c1-2-3-21-34-32(38)31(27-9-5-4-6-10-27)36(24-26-11-16-28(33)17-12-26)30(37)20-15-25-13-18-29(19-14-25)41(39,40)35-22-7-8-23-35/h4-6,9-14,16-19,31H,2-3,7-8,15,20-24H2,1H3,(H,34,38)/t31-/m1/s1. The summed E-state index contributed by atoms with van der Waals surface area (Å²) in [6, 6.07) is 20.9. The number of sulfonamides is 1. The van der Waals surface area contributed by atoms with Crippen LogP contribution in [-0.4, -0.2) is 49.1 Å². The van der Waals surface area contributed by atoms with E-state index < -0.39 is 16.1 Å². The van der Waals surface area contributed by atoms with Gasteiger partial charge in [-0.15, -0.1) is 0 Å². The SMILES string of the molecule is CCCCNC(=O)[C@@H](c1ccccc1)N(Cc1ccc(F)cc1)C(=O)CCc1ccc(S(=O)(=O)N2CCCC2)cc1. The van der Waals surface area contributed by atoms with Crippen LogP contribution in [0.15, 0.2) is 83.8 Å². The van der Waals surface area contributed by atoms with Gasteiger partial charge in [-0.1, -0.05) is 67.9 Å². The van der Waals surface area contributed by atoms with E-state index in [9.17, 15) is 22.4 Å². The van der Waals surface area contributed by atoms with E-state index in [-0.39, 0.29) is 35.5 Å². The normalized spacial score (nSPS) is 14.5. The number of nitrogens with zero attached hydrogens (tertiary/aromatic N) is 2. The van der Waals surface area contributed by atoms with Gasteiger partial charge < -0.3 is 10.2 Å². The summed E-state index contributed by atoms with van der Waals surface area (Å²) in [4.78, 5) is 29.1. The third-order valence-electron chi connectivity index (χ3n) is 7.35. The summed E-state index contributed by atoms with van der Waals surface area (Å²) in [7, 11) is -3.51. The van der Waals surface area contributed by atoms with Gasteiger partial charge in [0.2, 0.25) is 21.8 Å². The molecule has 1 aliphatic rings. The van der Waals surface area contributed by atoms with Gasteiger partial charge in [-0.25, -0.2) is 12.8 Å². The molecule has 2 amide bonds. The van der Waals surface area contributed by atoms with Gasteiger partial charge in [0.15, 0.2) is 0 Å². The van der Waals surface area contributed by atoms with E-state index in [0.29, 0.717) is 37.2 Å². The number of rotatable bonds is 13. The van der Waals surface area contributed by atoms with Crippen LogP contribution in [0.2, 0.25) is 0 Å². The average Bonchev–Trinajstić information content (AvgIpc) is 3.54. The molecule has 3 aromatic rings. The Morgan fingerprint density at radius 1 is 0.927 bits per heavy atom. The topological polar surface area (TPSA) is 86.8 Å². The molecule has 0 bridgehead atoms. The van der Waals surface area contributed by atoms with Crippen LogP contribution in [0, 0.1) is 5.82 Å². The highest BCUT2D eigenvalue weighted by Gasteiger charge is 2.31. The van der Waals surface area contributed by atoms with E-state index in [4.69, 9.17) is 0 Å². The Morgan fingerprint density at radius 3 is 2.20 bits per heavy atom. The summed E-state index contributed by atoms with van der Waals surface area (Å²) in [5, 5.41) is 2.98. The molecule has 0 saturated carbocycles. The zero-order valence-corrected chi connectivity index (χ0v) is 24.3. The summed E-state index contributed by atoms with van der Waals surface area (Å²) >= 11 is 0. The van der Waals surface area contributed by atoms with Gasteiger partial charge in [-0.3, -0.25) is 9.59 Å². The van der Waals surface area contributed by atoms with Gasteiger partial charge in [0.05, 0.1) is 4.90 Å². The minimum Gasteiger partial charge on any atom is -0.354 e. The Bertz CT molecular complexity index is 1390. The molecule has 0 spiro atoms. The lowest BCUT2D eigenvalue weighted by Gasteiger charge is -2.32. The number of carbonyl (C=O) groups excluding carboxylic acids is 2. The van der Waals surface area contributed by atoms with E-state index in [1.54, 1.807) is 41.3 Å². The maximum absolute atomic E-state index is 13.8. The molecular weight excluding hydrogens is 541 g/mol. The molecule has 0 aromatic heterocycles. The van der Waals surface area contributed by atoms with Crippen LogP contribution in [0.25, 0.3) is 0 Å². The van der Waals surface area contributed by atoms with E-state index in [1.165, 1.54) is 16.4 Å². The number of hydrogen-bond acceptors (Lipinski definition) is 4. The number of carbonyl (C=O) groups is 2.